The smallest absolute Gasteiger partial charge is 0.170 e. The first-order valence-electron chi connectivity index (χ1n) is 8.95. The molecule has 2 aromatic carbocycles. The minimum atomic E-state index is 0.184. The van der Waals surface area contributed by atoms with Crippen molar-refractivity contribution in [2.75, 3.05) is 32.1 Å². The number of rotatable bonds is 6. The molecule has 3 rings (SSSR count). The molecule has 1 fully saturated rings. The number of halogens is 2. The average molecular weight is 424 g/mol. The Kier molecular flexibility index (Phi) is 7.19. The molecule has 0 bridgehead atoms. The number of likely N-dealkylation sites (tertiary alicyclic amines) is 1. The van der Waals surface area contributed by atoms with Gasteiger partial charge in [-0.05, 0) is 62.4 Å². The van der Waals surface area contributed by atoms with E-state index in [1.165, 1.54) is 18.4 Å². The van der Waals surface area contributed by atoms with Gasteiger partial charge in [0.05, 0.1) is 23.9 Å². The number of benzene rings is 2. The number of ether oxygens (including phenoxy) is 1. The first kappa shape index (κ1) is 20.2. The Balaban J connectivity index is 1.70. The van der Waals surface area contributed by atoms with Crippen LogP contribution in [0.15, 0.2) is 42.5 Å². The Hall–Kier alpha value is -1.53. The summed E-state index contributed by atoms with van der Waals surface area (Å²) in [6, 6.07) is 13.6. The van der Waals surface area contributed by atoms with Crippen molar-refractivity contribution in [1.29, 1.82) is 0 Å². The van der Waals surface area contributed by atoms with Gasteiger partial charge in [-0.3, -0.25) is 4.90 Å². The highest BCUT2D eigenvalue weighted by Crippen LogP contribution is 2.31. The van der Waals surface area contributed by atoms with Crippen molar-refractivity contribution in [1.82, 2.24) is 10.2 Å². The van der Waals surface area contributed by atoms with Gasteiger partial charge in [0, 0.05) is 17.1 Å². The summed E-state index contributed by atoms with van der Waals surface area (Å²) in [4.78, 5) is 2.47. The van der Waals surface area contributed by atoms with Crippen LogP contribution >= 0.6 is 35.4 Å². The van der Waals surface area contributed by atoms with E-state index >= 15 is 0 Å². The molecule has 0 amide bonds. The van der Waals surface area contributed by atoms with Crippen molar-refractivity contribution in [2.24, 2.45) is 0 Å². The van der Waals surface area contributed by atoms with Crippen LogP contribution in [0.5, 0.6) is 5.75 Å². The number of nitrogens with one attached hydrogen (secondary N) is 2. The first-order valence-corrected chi connectivity index (χ1v) is 10.1. The maximum absolute atomic E-state index is 6.22. The minimum absolute atomic E-state index is 0.184. The van der Waals surface area contributed by atoms with Gasteiger partial charge in [-0.2, -0.15) is 0 Å². The molecule has 27 heavy (non-hydrogen) atoms. The largest absolute Gasteiger partial charge is 0.496 e. The summed E-state index contributed by atoms with van der Waals surface area (Å²) in [6.45, 7) is 2.83. The van der Waals surface area contributed by atoms with Crippen molar-refractivity contribution in [3.05, 3.63) is 58.1 Å². The van der Waals surface area contributed by atoms with Crippen LogP contribution in [0.4, 0.5) is 5.69 Å². The number of methoxy groups -OCH3 is 1. The predicted molar refractivity (Wildman–Crippen MR) is 117 cm³/mol. The van der Waals surface area contributed by atoms with Crippen molar-refractivity contribution in [3.63, 3.8) is 0 Å². The molecule has 0 radical (unpaired) electrons. The van der Waals surface area contributed by atoms with Gasteiger partial charge in [0.1, 0.15) is 5.75 Å². The second-order valence-electron chi connectivity index (χ2n) is 6.46. The van der Waals surface area contributed by atoms with Gasteiger partial charge in [-0.1, -0.05) is 41.4 Å². The standard InChI is InChI=1S/C20H23Cl2N3OS/c1-26-19-7-3-2-6-15(19)18(25-10-4-5-11-25)13-23-20(27)24-17-9-8-14(21)12-16(17)22/h2-3,6-9,12,18H,4-5,10-11,13H2,1H3,(H2,23,24,27). The lowest BCUT2D eigenvalue weighted by Crippen LogP contribution is -2.38. The summed E-state index contributed by atoms with van der Waals surface area (Å²) in [5.41, 5.74) is 1.90. The Morgan fingerprint density at radius 2 is 1.93 bits per heavy atom. The molecule has 1 saturated heterocycles. The predicted octanol–water partition coefficient (Wildman–Crippen LogP) is 5.13. The summed E-state index contributed by atoms with van der Waals surface area (Å²) in [6.07, 6.45) is 2.43. The molecule has 144 valence electrons. The molecule has 1 unspecified atom stereocenters. The molecular weight excluding hydrogens is 401 g/mol. The molecule has 4 nitrogen and oxygen atoms in total. The highest BCUT2D eigenvalue weighted by molar-refractivity contribution is 7.80. The van der Waals surface area contributed by atoms with E-state index in [0.29, 0.717) is 21.7 Å². The van der Waals surface area contributed by atoms with Gasteiger partial charge in [-0.25, -0.2) is 0 Å². The normalized spacial score (nSPS) is 15.4. The summed E-state index contributed by atoms with van der Waals surface area (Å²) in [5, 5.41) is 8.13. The van der Waals surface area contributed by atoms with Gasteiger partial charge >= 0.3 is 0 Å². The van der Waals surface area contributed by atoms with Gasteiger partial charge in [0.15, 0.2) is 5.11 Å². The van der Waals surface area contributed by atoms with Crippen LogP contribution in [0.25, 0.3) is 0 Å². The maximum atomic E-state index is 6.22. The average Bonchev–Trinajstić information content (AvgIpc) is 3.19. The van der Waals surface area contributed by atoms with Crippen LogP contribution in [0.3, 0.4) is 0 Å². The molecule has 0 spiro atoms. The molecular formula is C20H23Cl2N3OS. The fraction of sp³-hybridized carbons (Fsp3) is 0.350. The van der Waals surface area contributed by atoms with Gasteiger partial charge < -0.3 is 15.4 Å². The second kappa shape index (κ2) is 9.60. The van der Waals surface area contributed by atoms with Crippen molar-refractivity contribution in [3.8, 4) is 5.75 Å². The third-order valence-electron chi connectivity index (χ3n) is 4.71. The third-order valence-corrected chi connectivity index (χ3v) is 5.51. The molecule has 1 aliphatic heterocycles. The molecule has 2 N–H and O–H groups in total. The number of hydrogen-bond acceptors (Lipinski definition) is 3. The van der Waals surface area contributed by atoms with E-state index in [4.69, 9.17) is 40.2 Å². The zero-order valence-electron chi connectivity index (χ0n) is 15.2. The fourth-order valence-electron chi connectivity index (χ4n) is 3.38. The van der Waals surface area contributed by atoms with Crippen molar-refractivity contribution < 1.29 is 4.74 Å². The highest BCUT2D eigenvalue weighted by Gasteiger charge is 2.25. The summed E-state index contributed by atoms with van der Waals surface area (Å²) in [7, 11) is 1.71. The quantitative estimate of drug-likeness (QED) is 0.630. The van der Waals surface area contributed by atoms with Gasteiger partial charge in [0.25, 0.3) is 0 Å². The van der Waals surface area contributed by atoms with E-state index in [1.54, 1.807) is 19.2 Å². The number of hydrogen-bond donors (Lipinski definition) is 2. The molecule has 1 atom stereocenters. The van der Waals surface area contributed by atoms with Crippen LogP contribution in [-0.2, 0) is 0 Å². The summed E-state index contributed by atoms with van der Waals surface area (Å²) < 4.78 is 5.58. The lowest BCUT2D eigenvalue weighted by Gasteiger charge is -2.29. The van der Waals surface area contributed by atoms with E-state index in [9.17, 15) is 0 Å². The van der Waals surface area contributed by atoms with E-state index < -0.39 is 0 Å². The summed E-state index contributed by atoms with van der Waals surface area (Å²) in [5.74, 6) is 0.899. The molecule has 1 aliphatic rings. The Morgan fingerprint density at radius 1 is 1.19 bits per heavy atom. The van der Waals surface area contributed by atoms with Crippen LogP contribution in [0.1, 0.15) is 24.4 Å². The molecule has 0 aliphatic carbocycles. The zero-order chi connectivity index (χ0) is 19.2. The van der Waals surface area contributed by atoms with Crippen LogP contribution in [0.2, 0.25) is 10.0 Å². The fourth-order valence-corrected chi connectivity index (χ4v) is 4.03. The van der Waals surface area contributed by atoms with Crippen molar-refractivity contribution in [2.45, 2.75) is 18.9 Å². The van der Waals surface area contributed by atoms with Gasteiger partial charge in [0.2, 0.25) is 0 Å². The monoisotopic (exact) mass is 423 g/mol. The summed E-state index contributed by atoms with van der Waals surface area (Å²) >= 11 is 17.6. The molecule has 7 heteroatoms. The second-order valence-corrected chi connectivity index (χ2v) is 7.71. The van der Waals surface area contributed by atoms with Crippen LogP contribution < -0.4 is 15.4 Å². The number of anilines is 1. The van der Waals surface area contributed by atoms with E-state index in [-0.39, 0.29) is 6.04 Å². The van der Waals surface area contributed by atoms with Gasteiger partial charge in [-0.15, -0.1) is 0 Å². The van der Waals surface area contributed by atoms with E-state index in [1.807, 2.05) is 24.3 Å². The lowest BCUT2D eigenvalue weighted by molar-refractivity contribution is 0.240. The molecule has 2 aromatic rings. The maximum Gasteiger partial charge on any atom is 0.170 e. The molecule has 0 aromatic heterocycles. The Bertz CT molecular complexity index is 797. The molecule has 1 heterocycles. The molecule has 0 saturated carbocycles. The highest BCUT2D eigenvalue weighted by atomic mass is 35.5. The van der Waals surface area contributed by atoms with E-state index in [0.717, 1.165) is 24.5 Å². The zero-order valence-corrected chi connectivity index (χ0v) is 17.5. The Labute approximate surface area is 175 Å². The van der Waals surface area contributed by atoms with Crippen LogP contribution in [0, 0.1) is 0 Å². The van der Waals surface area contributed by atoms with Crippen molar-refractivity contribution >= 4 is 46.2 Å². The number of thiocarbonyl (C=S) groups is 1. The first-order chi connectivity index (χ1) is 13.1. The number of para-hydroxylation sites is 1. The SMILES string of the molecule is COc1ccccc1C(CNC(=S)Nc1ccc(Cl)cc1Cl)N1CCCC1. The number of nitrogens with zero attached hydrogens (tertiary/aromatic N) is 1. The topological polar surface area (TPSA) is 36.5 Å². The third kappa shape index (κ3) is 5.26. The minimum Gasteiger partial charge on any atom is -0.496 e. The Morgan fingerprint density at radius 3 is 2.63 bits per heavy atom. The lowest BCUT2D eigenvalue weighted by atomic mass is 10.0. The van der Waals surface area contributed by atoms with E-state index in [2.05, 4.69) is 21.6 Å². The van der Waals surface area contributed by atoms with Crippen LogP contribution in [-0.4, -0.2) is 36.8 Å².